The number of aromatic nitrogens is 2. The zero-order chi connectivity index (χ0) is 15.1. The van der Waals surface area contributed by atoms with Crippen LogP contribution in [0.5, 0.6) is 0 Å². The summed E-state index contributed by atoms with van der Waals surface area (Å²) in [6, 6.07) is 10.8. The monoisotopic (exact) mass is 367 g/mol. The van der Waals surface area contributed by atoms with Crippen molar-refractivity contribution in [2.45, 2.75) is 13.0 Å². The molecule has 21 heavy (non-hydrogen) atoms. The standard InChI is InChI=1S/C15H12BrClFN3/c1-8(9-2-4-10(16)5-3-9)21-14-6-11(17)12(18)7-13(14)20-15(21)19/h2-8H,1H3,(H2,19,20). The minimum absolute atomic E-state index is 0.0374. The zero-order valence-corrected chi connectivity index (χ0v) is 13.5. The van der Waals surface area contributed by atoms with E-state index in [4.69, 9.17) is 17.3 Å². The molecule has 3 aromatic rings. The molecule has 0 aliphatic heterocycles. The van der Waals surface area contributed by atoms with E-state index >= 15 is 0 Å². The third kappa shape index (κ3) is 2.51. The second kappa shape index (κ2) is 5.31. The third-order valence-corrected chi connectivity index (χ3v) is 4.32. The molecule has 0 fully saturated rings. The Morgan fingerprint density at radius 3 is 2.62 bits per heavy atom. The lowest BCUT2D eigenvalue weighted by molar-refractivity contribution is 0.629. The number of nitrogens with zero attached hydrogens (tertiary/aromatic N) is 2. The summed E-state index contributed by atoms with van der Waals surface area (Å²) in [5, 5.41) is 0.0617. The quantitative estimate of drug-likeness (QED) is 0.707. The number of nitrogen functional groups attached to an aromatic ring is 1. The summed E-state index contributed by atoms with van der Waals surface area (Å²) in [6.07, 6.45) is 0. The van der Waals surface area contributed by atoms with Crippen molar-refractivity contribution in [3.63, 3.8) is 0 Å². The minimum atomic E-state index is -0.495. The van der Waals surface area contributed by atoms with E-state index in [2.05, 4.69) is 20.9 Å². The van der Waals surface area contributed by atoms with E-state index in [1.54, 1.807) is 6.07 Å². The maximum absolute atomic E-state index is 13.5. The summed E-state index contributed by atoms with van der Waals surface area (Å²) in [7, 11) is 0. The van der Waals surface area contributed by atoms with Gasteiger partial charge in [-0.3, -0.25) is 0 Å². The number of hydrogen-bond donors (Lipinski definition) is 1. The van der Waals surface area contributed by atoms with Gasteiger partial charge in [-0.15, -0.1) is 0 Å². The van der Waals surface area contributed by atoms with Crippen molar-refractivity contribution in [3.8, 4) is 0 Å². The van der Waals surface area contributed by atoms with Crippen LogP contribution in [0.4, 0.5) is 10.3 Å². The van der Waals surface area contributed by atoms with Gasteiger partial charge in [0.05, 0.1) is 22.1 Å². The third-order valence-electron chi connectivity index (χ3n) is 3.50. The van der Waals surface area contributed by atoms with Gasteiger partial charge in [0.1, 0.15) is 5.82 Å². The highest BCUT2D eigenvalue weighted by Crippen LogP contribution is 2.30. The lowest BCUT2D eigenvalue weighted by atomic mass is 10.1. The van der Waals surface area contributed by atoms with Crippen molar-refractivity contribution in [1.82, 2.24) is 9.55 Å². The normalized spacial score (nSPS) is 12.8. The number of halogens is 3. The molecular formula is C15H12BrClFN3. The SMILES string of the molecule is CC(c1ccc(Br)cc1)n1c(N)nc2cc(F)c(Cl)cc21. The Morgan fingerprint density at radius 1 is 1.29 bits per heavy atom. The van der Waals surface area contributed by atoms with Crippen molar-refractivity contribution < 1.29 is 4.39 Å². The molecule has 0 saturated carbocycles. The second-order valence-corrected chi connectivity index (χ2v) is 6.15. The second-order valence-electron chi connectivity index (χ2n) is 4.82. The van der Waals surface area contributed by atoms with Crippen molar-refractivity contribution in [1.29, 1.82) is 0 Å². The van der Waals surface area contributed by atoms with Crippen LogP contribution in [-0.2, 0) is 0 Å². The van der Waals surface area contributed by atoms with Gasteiger partial charge in [0.2, 0.25) is 5.95 Å². The first-order chi connectivity index (χ1) is 9.97. The van der Waals surface area contributed by atoms with E-state index in [1.807, 2.05) is 35.8 Å². The molecule has 1 unspecified atom stereocenters. The van der Waals surface area contributed by atoms with E-state index in [0.717, 1.165) is 10.0 Å². The Balaban J connectivity index is 2.17. The van der Waals surface area contributed by atoms with Gasteiger partial charge in [-0.1, -0.05) is 39.7 Å². The first-order valence-corrected chi connectivity index (χ1v) is 7.52. The van der Waals surface area contributed by atoms with Crippen LogP contribution in [0.15, 0.2) is 40.9 Å². The van der Waals surface area contributed by atoms with Crippen LogP contribution >= 0.6 is 27.5 Å². The molecule has 108 valence electrons. The summed E-state index contributed by atoms with van der Waals surface area (Å²) in [5.41, 5.74) is 8.29. The topological polar surface area (TPSA) is 43.8 Å². The maximum atomic E-state index is 13.5. The summed E-state index contributed by atoms with van der Waals surface area (Å²) >= 11 is 9.29. The Hall–Kier alpha value is -1.59. The number of hydrogen-bond acceptors (Lipinski definition) is 2. The molecular weight excluding hydrogens is 357 g/mol. The van der Waals surface area contributed by atoms with Crippen molar-refractivity contribution in [3.05, 3.63) is 57.3 Å². The molecule has 3 nitrogen and oxygen atoms in total. The number of rotatable bonds is 2. The minimum Gasteiger partial charge on any atom is -0.369 e. The Labute approximate surface area is 134 Å². The van der Waals surface area contributed by atoms with Crippen LogP contribution in [-0.4, -0.2) is 9.55 Å². The van der Waals surface area contributed by atoms with Gasteiger partial charge >= 0.3 is 0 Å². The highest BCUT2D eigenvalue weighted by Gasteiger charge is 2.17. The number of nitrogens with two attached hydrogens (primary N) is 1. The molecule has 1 heterocycles. The predicted octanol–water partition coefficient (Wildman–Crippen LogP) is 4.78. The summed E-state index contributed by atoms with van der Waals surface area (Å²) in [5.74, 6) is -0.160. The smallest absolute Gasteiger partial charge is 0.201 e. The van der Waals surface area contributed by atoms with E-state index in [9.17, 15) is 4.39 Å². The van der Waals surface area contributed by atoms with Crippen LogP contribution < -0.4 is 5.73 Å². The van der Waals surface area contributed by atoms with Crippen molar-refractivity contribution in [2.75, 3.05) is 5.73 Å². The molecule has 2 N–H and O–H groups in total. The average molecular weight is 369 g/mol. The van der Waals surface area contributed by atoms with Crippen LogP contribution in [0.3, 0.4) is 0 Å². The summed E-state index contributed by atoms with van der Waals surface area (Å²) in [4.78, 5) is 4.21. The fraction of sp³-hybridized carbons (Fsp3) is 0.133. The number of benzene rings is 2. The van der Waals surface area contributed by atoms with E-state index in [-0.39, 0.29) is 11.1 Å². The zero-order valence-electron chi connectivity index (χ0n) is 11.1. The first-order valence-electron chi connectivity index (χ1n) is 6.35. The van der Waals surface area contributed by atoms with Gasteiger partial charge in [0, 0.05) is 10.5 Å². The lowest BCUT2D eigenvalue weighted by Crippen LogP contribution is -2.10. The van der Waals surface area contributed by atoms with E-state index < -0.39 is 5.82 Å². The largest absolute Gasteiger partial charge is 0.369 e. The van der Waals surface area contributed by atoms with Gasteiger partial charge in [0.15, 0.2) is 0 Å². The number of anilines is 1. The average Bonchev–Trinajstić information content (AvgIpc) is 2.75. The van der Waals surface area contributed by atoms with Gasteiger partial charge in [-0.25, -0.2) is 9.37 Å². The summed E-state index contributed by atoms with van der Waals surface area (Å²) < 4.78 is 16.4. The van der Waals surface area contributed by atoms with Gasteiger partial charge in [-0.2, -0.15) is 0 Å². The van der Waals surface area contributed by atoms with Gasteiger partial charge in [-0.05, 0) is 30.7 Å². The molecule has 1 atom stereocenters. The van der Waals surface area contributed by atoms with Crippen molar-refractivity contribution in [2.24, 2.45) is 0 Å². The molecule has 0 radical (unpaired) electrons. The molecule has 0 spiro atoms. The molecule has 0 saturated heterocycles. The molecule has 3 rings (SSSR count). The number of imidazole rings is 1. The van der Waals surface area contributed by atoms with Crippen LogP contribution in [0.1, 0.15) is 18.5 Å². The fourth-order valence-electron chi connectivity index (χ4n) is 2.41. The highest BCUT2D eigenvalue weighted by molar-refractivity contribution is 9.10. The maximum Gasteiger partial charge on any atom is 0.201 e. The Morgan fingerprint density at radius 2 is 1.95 bits per heavy atom. The van der Waals surface area contributed by atoms with Crippen molar-refractivity contribution >= 4 is 44.5 Å². The first kappa shape index (κ1) is 14.4. The molecule has 0 aliphatic rings. The molecule has 0 bridgehead atoms. The fourth-order valence-corrected chi connectivity index (χ4v) is 2.83. The van der Waals surface area contributed by atoms with Gasteiger partial charge in [0.25, 0.3) is 0 Å². The Bertz CT molecular complexity index is 814. The van der Waals surface area contributed by atoms with Crippen LogP contribution in [0, 0.1) is 5.82 Å². The molecule has 2 aromatic carbocycles. The molecule has 0 aliphatic carbocycles. The van der Waals surface area contributed by atoms with Crippen LogP contribution in [0.25, 0.3) is 11.0 Å². The molecule has 1 aromatic heterocycles. The lowest BCUT2D eigenvalue weighted by Gasteiger charge is -2.16. The highest BCUT2D eigenvalue weighted by atomic mass is 79.9. The van der Waals surface area contributed by atoms with E-state index in [1.165, 1.54) is 6.07 Å². The van der Waals surface area contributed by atoms with E-state index in [0.29, 0.717) is 17.0 Å². The summed E-state index contributed by atoms with van der Waals surface area (Å²) in [6.45, 7) is 2.01. The molecule has 0 amide bonds. The Kier molecular flexibility index (Phi) is 3.63. The number of fused-ring (bicyclic) bond motifs is 1. The molecule has 6 heteroatoms. The van der Waals surface area contributed by atoms with Crippen LogP contribution in [0.2, 0.25) is 5.02 Å². The van der Waals surface area contributed by atoms with Gasteiger partial charge < -0.3 is 10.3 Å². The predicted molar refractivity (Wildman–Crippen MR) is 87.1 cm³/mol.